The number of hydrogen-bond acceptors (Lipinski definition) is 4. The van der Waals surface area contributed by atoms with Crippen LogP contribution in [0.15, 0.2) is 18.2 Å². The molecule has 3 atom stereocenters. The predicted octanol–water partition coefficient (Wildman–Crippen LogP) is 3.90. The lowest BCUT2D eigenvalue weighted by Gasteiger charge is -2.29. The van der Waals surface area contributed by atoms with E-state index in [4.69, 9.17) is 14.2 Å². The molecule has 154 valence electrons. The molecule has 1 aromatic carbocycles. The van der Waals surface area contributed by atoms with Gasteiger partial charge in [-0.2, -0.15) is 0 Å². The summed E-state index contributed by atoms with van der Waals surface area (Å²) in [6.07, 6.45) is 7.31. The molecule has 0 spiro atoms. The molecular formula is C22H32N2O4. The van der Waals surface area contributed by atoms with Gasteiger partial charge in [0, 0.05) is 13.1 Å². The van der Waals surface area contributed by atoms with E-state index in [9.17, 15) is 4.79 Å². The maximum absolute atomic E-state index is 12.7. The normalized spacial score (nSPS) is 26.9. The Bertz CT molecular complexity index is 681. The first kappa shape index (κ1) is 19.4. The molecule has 0 bridgehead atoms. The van der Waals surface area contributed by atoms with Gasteiger partial charge in [-0.25, -0.2) is 4.79 Å². The van der Waals surface area contributed by atoms with Gasteiger partial charge in [-0.15, -0.1) is 0 Å². The molecule has 2 aliphatic heterocycles. The third-order valence-electron chi connectivity index (χ3n) is 6.21. The first-order chi connectivity index (χ1) is 13.7. The average molecular weight is 389 g/mol. The van der Waals surface area contributed by atoms with E-state index < -0.39 is 0 Å². The molecule has 1 aromatic rings. The molecule has 0 aromatic heterocycles. The summed E-state index contributed by atoms with van der Waals surface area (Å²) in [4.78, 5) is 14.7. The average Bonchev–Trinajstić information content (AvgIpc) is 3.22. The van der Waals surface area contributed by atoms with Crippen molar-refractivity contribution in [2.75, 3.05) is 32.9 Å². The van der Waals surface area contributed by atoms with Crippen LogP contribution in [0.25, 0.3) is 0 Å². The Hall–Kier alpha value is -1.95. The van der Waals surface area contributed by atoms with Crippen molar-refractivity contribution in [1.29, 1.82) is 0 Å². The number of carbonyl (C=O) groups excluding carboxylic acids is 1. The second-order valence-corrected chi connectivity index (χ2v) is 8.16. The van der Waals surface area contributed by atoms with E-state index in [-0.39, 0.29) is 12.1 Å². The van der Waals surface area contributed by atoms with Crippen LogP contribution in [0.3, 0.4) is 0 Å². The zero-order chi connectivity index (χ0) is 19.3. The molecule has 2 heterocycles. The summed E-state index contributed by atoms with van der Waals surface area (Å²) >= 11 is 0. The lowest BCUT2D eigenvalue weighted by Crippen LogP contribution is -2.41. The number of nitrogens with one attached hydrogen (secondary N) is 1. The van der Waals surface area contributed by atoms with Gasteiger partial charge in [0.1, 0.15) is 13.2 Å². The van der Waals surface area contributed by atoms with Crippen LogP contribution in [0.2, 0.25) is 0 Å². The van der Waals surface area contributed by atoms with Gasteiger partial charge in [0.2, 0.25) is 0 Å². The number of benzene rings is 1. The number of ether oxygens (including phenoxy) is 3. The van der Waals surface area contributed by atoms with Crippen molar-refractivity contribution in [2.45, 2.75) is 57.6 Å². The number of hydrogen-bond donors (Lipinski definition) is 1. The van der Waals surface area contributed by atoms with E-state index in [0.717, 1.165) is 42.9 Å². The molecule has 1 saturated carbocycles. The predicted molar refractivity (Wildman–Crippen MR) is 107 cm³/mol. The Kier molecular flexibility index (Phi) is 6.25. The van der Waals surface area contributed by atoms with Gasteiger partial charge in [-0.1, -0.05) is 25.8 Å². The summed E-state index contributed by atoms with van der Waals surface area (Å²) in [5, 5.41) is 3.05. The first-order valence-electron chi connectivity index (χ1n) is 10.8. The third-order valence-corrected chi connectivity index (χ3v) is 6.21. The molecule has 6 nitrogen and oxygen atoms in total. The number of urea groups is 1. The minimum Gasteiger partial charge on any atom is -0.486 e. The van der Waals surface area contributed by atoms with E-state index in [1.165, 1.54) is 19.3 Å². The number of likely N-dealkylation sites (tertiary alicyclic amines) is 1. The van der Waals surface area contributed by atoms with Crippen LogP contribution in [0.4, 0.5) is 4.79 Å². The van der Waals surface area contributed by atoms with Gasteiger partial charge in [0.05, 0.1) is 18.8 Å². The zero-order valence-corrected chi connectivity index (χ0v) is 16.8. The van der Waals surface area contributed by atoms with Crippen LogP contribution in [0, 0.1) is 5.92 Å². The minimum atomic E-state index is -0.00215. The molecule has 0 radical (unpaired) electrons. The Labute approximate surface area is 167 Å². The summed E-state index contributed by atoms with van der Waals surface area (Å²) in [5.74, 6) is 2.20. The van der Waals surface area contributed by atoms with E-state index in [0.29, 0.717) is 38.4 Å². The van der Waals surface area contributed by atoms with Gasteiger partial charge >= 0.3 is 6.03 Å². The fourth-order valence-corrected chi connectivity index (χ4v) is 4.62. The van der Waals surface area contributed by atoms with Gasteiger partial charge < -0.3 is 24.4 Å². The Morgan fingerprint density at radius 3 is 2.82 bits per heavy atom. The maximum atomic E-state index is 12.7. The highest BCUT2D eigenvalue weighted by atomic mass is 16.6. The number of amides is 2. The highest BCUT2D eigenvalue weighted by Crippen LogP contribution is 2.38. The van der Waals surface area contributed by atoms with Gasteiger partial charge in [0.15, 0.2) is 11.5 Å². The van der Waals surface area contributed by atoms with Crippen LogP contribution in [-0.2, 0) is 4.74 Å². The Morgan fingerprint density at radius 2 is 1.96 bits per heavy atom. The largest absolute Gasteiger partial charge is 0.486 e. The summed E-state index contributed by atoms with van der Waals surface area (Å²) in [5.41, 5.74) is 1.11. The van der Waals surface area contributed by atoms with Crippen LogP contribution in [0.1, 0.15) is 57.1 Å². The van der Waals surface area contributed by atoms with Crippen molar-refractivity contribution >= 4 is 6.03 Å². The second-order valence-electron chi connectivity index (χ2n) is 8.16. The number of nitrogens with zero attached hydrogens (tertiary/aromatic N) is 1. The summed E-state index contributed by atoms with van der Waals surface area (Å²) < 4.78 is 17.3. The SMILES string of the molecule is CC1CCCCC1OCCNC(=O)N1CCCC1c1ccc2c(c1)OCCO2. The van der Waals surface area contributed by atoms with Crippen molar-refractivity contribution in [1.82, 2.24) is 10.2 Å². The molecule has 4 rings (SSSR count). The molecule has 3 aliphatic rings. The fraction of sp³-hybridized carbons (Fsp3) is 0.682. The zero-order valence-electron chi connectivity index (χ0n) is 16.8. The first-order valence-corrected chi connectivity index (χ1v) is 10.8. The highest BCUT2D eigenvalue weighted by molar-refractivity contribution is 5.75. The van der Waals surface area contributed by atoms with Gasteiger partial charge in [0.25, 0.3) is 0 Å². The lowest BCUT2D eigenvalue weighted by molar-refractivity contribution is -0.00274. The van der Waals surface area contributed by atoms with Gasteiger partial charge in [-0.3, -0.25) is 0 Å². The second kappa shape index (κ2) is 9.03. The van der Waals surface area contributed by atoms with E-state index >= 15 is 0 Å². The summed E-state index contributed by atoms with van der Waals surface area (Å²) in [6.45, 7) is 5.36. The van der Waals surface area contributed by atoms with Crippen molar-refractivity contribution < 1.29 is 19.0 Å². The molecular weight excluding hydrogens is 356 g/mol. The monoisotopic (exact) mass is 388 g/mol. The van der Waals surface area contributed by atoms with Crippen LogP contribution in [-0.4, -0.2) is 49.9 Å². The summed E-state index contributed by atoms with van der Waals surface area (Å²) in [6, 6.07) is 6.13. The Morgan fingerprint density at radius 1 is 1.14 bits per heavy atom. The minimum absolute atomic E-state index is 0.00215. The number of fused-ring (bicyclic) bond motifs is 1. The molecule has 6 heteroatoms. The maximum Gasteiger partial charge on any atom is 0.317 e. The summed E-state index contributed by atoms with van der Waals surface area (Å²) in [7, 11) is 0. The molecule has 1 saturated heterocycles. The van der Waals surface area contributed by atoms with Crippen LogP contribution < -0.4 is 14.8 Å². The number of rotatable bonds is 5. The van der Waals surface area contributed by atoms with E-state index in [1.54, 1.807) is 0 Å². The van der Waals surface area contributed by atoms with Crippen molar-refractivity contribution in [3.8, 4) is 11.5 Å². The molecule has 2 fully saturated rings. The van der Waals surface area contributed by atoms with E-state index in [2.05, 4.69) is 18.3 Å². The molecule has 1 N–H and O–H groups in total. The molecule has 28 heavy (non-hydrogen) atoms. The van der Waals surface area contributed by atoms with Crippen molar-refractivity contribution in [2.24, 2.45) is 5.92 Å². The highest BCUT2D eigenvalue weighted by Gasteiger charge is 2.31. The van der Waals surface area contributed by atoms with Gasteiger partial charge in [-0.05, 0) is 49.3 Å². The topological polar surface area (TPSA) is 60.0 Å². The lowest BCUT2D eigenvalue weighted by atomic mass is 9.88. The Balaban J connectivity index is 1.29. The van der Waals surface area contributed by atoms with Crippen LogP contribution in [0.5, 0.6) is 11.5 Å². The van der Waals surface area contributed by atoms with E-state index in [1.807, 2.05) is 17.0 Å². The molecule has 3 unspecified atom stereocenters. The number of carbonyl (C=O) groups is 1. The smallest absolute Gasteiger partial charge is 0.317 e. The standard InChI is InChI=1S/C22H32N2O4/c1-16-5-2-3-7-19(16)26-12-10-23-22(25)24-11-4-6-18(24)17-8-9-20-21(15-17)28-14-13-27-20/h8-9,15-16,18-19H,2-7,10-14H2,1H3,(H,23,25). The molecule has 1 aliphatic carbocycles. The van der Waals surface area contributed by atoms with Crippen LogP contribution >= 0.6 is 0 Å². The third kappa shape index (κ3) is 4.37. The molecule has 2 amide bonds. The van der Waals surface area contributed by atoms with Crippen molar-refractivity contribution in [3.05, 3.63) is 23.8 Å². The fourth-order valence-electron chi connectivity index (χ4n) is 4.62. The quantitative estimate of drug-likeness (QED) is 0.777. The van der Waals surface area contributed by atoms with Crippen molar-refractivity contribution in [3.63, 3.8) is 0 Å².